The molecule has 0 N–H and O–H groups in total. The molecule has 0 aliphatic rings. The minimum absolute atomic E-state index is 0.0313. The highest BCUT2D eigenvalue weighted by Gasteiger charge is 2.14. The molecule has 0 fully saturated rings. The number of benzene rings is 6. The van der Waals surface area contributed by atoms with E-state index in [2.05, 4.69) is 23.7 Å². The van der Waals surface area contributed by atoms with Crippen LogP contribution in [0.2, 0.25) is 0 Å². The van der Waals surface area contributed by atoms with Crippen LogP contribution in [0.4, 0.5) is 0 Å². The van der Waals surface area contributed by atoms with Gasteiger partial charge in [0.1, 0.15) is 23.0 Å². The molecule has 6 aromatic rings. The molecular weight excluding hydrogens is 592 g/mol. The number of ketones is 2. The van der Waals surface area contributed by atoms with Crippen LogP contribution in [-0.2, 0) is 0 Å². The van der Waals surface area contributed by atoms with Gasteiger partial charge in [0.25, 0.3) is 0 Å². The van der Waals surface area contributed by atoms with E-state index in [9.17, 15) is 9.59 Å². The standard InChI is InChI=1S/C44H30O4/c1-3-8-32-14-23-37(24-15-32)47-38-25-16-33(17-26-38)13-18-34-10-5-7-12-42(34)44(46)36-21-29-40(30-22-36)48-39-27-19-35(20-28-39)43(45)41-11-6-4-9-31(41)2/h4-7,9-12,14-17,19-30H,1-2H3. The Morgan fingerprint density at radius 1 is 0.458 bits per heavy atom. The van der Waals surface area contributed by atoms with Gasteiger partial charge >= 0.3 is 0 Å². The summed E-state index contributed by atoms with van der Waals surface area (Å²) in [5.74, 6) is 14.7. The van der Waals surface area contributed by atoms with Gasteiger partial charge in [0.05, 0.1) is 0 Å². The summed E-state index contributed by atoms with van der Waals surface area (Å²) in [6.07, 6.45) is 0. The predicted molar refractivity (Wildman–Crippen MR) is 189 cm³/mol. The van der Waals surface area contributed by atoms with Crippen LogP contribution in [0.3, 0.4) is 0 Å². The van der Waals surface area contributed by atoms with Gasteiger partial charge in [-0.25, -0.2) is 0 Å². The second-order valence-corrected chi connectivity index (χ2v) is 10.9. The van der Waals surface area contributed by atoms with Crippen molar-refractivity contribution in [1.82, 2.24) is 0 Å². The molecule has 0 atom stereocenters. The largest absolute Gasteiger partial charge is 0.457 e. The maximum absolute atomic E-state index is 13.5. The third-order valence-electron chi connectivity index (χ3n) is 7.59. The molecule has 0 aliphatic carbocycles. The van der Waals surface area contributed by atoms with Gasteiger partial charge in [-0.1, -0.05) is 54.2 Å². The van der Waals surface area contributed by atoms with Gasteiger partial charge in [0, 0.05) is 38.9 Å². The SMILES string of the molecule is CC#Cc1ccc(Oc2ccc(C#Cc3ccccc3C(=O)c3ccc(Oc4ccc(C(=O)c5ccccc5C)cc4)cc3)cc2)cc1. The molecule has 0 radical (unpaired) electrons. The Morgan fingerprint density at radius 3 is 1.38 bits per heavy atom. The highest BCUT2D eigenvalue weighted by molar-refractivity contribution is 6.11. The number of carbonyl (C=O) groups excluding carboxylic acids is 2. The first-order valence-corrected chi connectivity index (χ1v) is 15.4. The van der Waals surface area contributed by atoms with Crippen LogP contribution in [0.15, 0.2) is 146 Å². The van der Waals surface area contributed by atoms with Crippen LogP contribution < -0.4 is 9.47 Å². The number of aryl methyl sites for hydroxylation is 1. The van der Waals surface area contributed by atoms with E-state index in [-0.39, 0.29) is 11.6 Å². The molecule has 0 heterocycles. The molecule has 0 bridgehead atoms. The quantitative estimate of drug-likeness (QED) is 0.125. The number of rotatable bonds is 8. The molecule has 6 rings (SSSR count). The molecule has 0 spiro atoms. The summed E-state index contributed by atoms with van der Waals surface area (Å²) in [5, 5.41) is 0. The Kier molecular flexibility index (Phi) is 9.57. The average Bonchev–Trinajstić information content (AvgIpc) is 3.13. The highest BCUT2D eigenvalue weighted by Crippen LogP contribution is 2.25. The summed E-state index contributed by atoms with van der Waals surface area (Å²) in [6, 6.07) is 44.0. The van der Waals surface area contributed by atoms with E-state index < -0.39 is 0 Å². The van der Waals surface area contributed by atoms with Crippen molar-refractivity contribution in [2.45, 2.75) is 13.8 Å². The zero-order valence-corrected chi connectivity index (χ0v) is 26.5. The fourth-order valence-corrected chi connectivity index (χ4v) is 5.05. The minimum atomic E-state index is -0.134. The Balaban J connectivity index is 1.10. The first kappa shape index (κ1) is 31.4. The first-order valence-electron chi connectivity index (χ1n) is 15.4. The fourth-order valence-electron chi connectivity index (χ4n) is 5.05. The molecule has 0 unspecified atom stereocenters. The third-order valence-corrected chi connectivity index (χ3v) is 7.59. The van der Waals surface area contributed by atoms with Gasteiger partial charge in [0.2, 0.25) is 0 Å². The molecule has 0 saturated heterocycles. The van der Waals surface area contributed by atoms with E-state index >= 15 is 0 Å². The molecule has 0 aliphatic heterocycles. The molecule has 6 aromatic carbocycles. The normalized spacial score (nSPS) is 10.1. The highest BCUT2D eigenvalue weighted by atomic mass is 16.5. The minimum Gasteiger partial charge on any atom is -0.457 e. The summed E-state index contributed by atoms with van der Waals surface area (Å²) in [6.45, 7) is 3.73. The third kappa shape index (κ3) is 7.60. The summed E-state index contributed by atoms with van der Waals surface area (Å²) >= 11 is 0. The van der Waals surface area contributed by atoms with Crippen LogP contribution in [-0.4, -0.2) is 11.6 Å². The summed E-state index contributed by atoms with van der Waals surface area (Å²) < 4.78 is 11.9. The van der Waals surface area contributed by atoms with E-state index in [1.165, 1.54) is 0 Å². The Labute approximate surface area is 280 Å². The van der Waals surface area contributed by atoms with E-state index in [1.54, 1.807) is 54.6 Å². The van der Waals surface area contributed by atoms with Crippen molar-refractivity contribution >= 4 is 11.6 Å². The molecular formula is C44H30O4. The Bertz CT molecular complexity index is 2200. The lowest BCUT2D eigenvalue weighted by Crippen LogP contribution is -2.04. The summed E-state index contributed by atoms with van der Waals surface area (Å²) in [4.78, 5) is 26.4. The second-order valence-electron chi connectivity index (χ2n) is 10.9. The average molecular weight is 623 g/mol. The molecule has 0 saturated carbocycles. The van der Waals surface area contributed by atoms with Crippen molar-refractivity contribution in [1.29, 1.82) is 0 Å². The molecule has 230 valence electrons. The van der Waals surface area contributed by atoms with Crippen molar-refractivity contribution in [2.75, 3.05) is 0 Å². The van der Waals surface area contributed by atoms with Crippen molar-refractivity contribution in [3.05, 3.63) is 190 Å². The Hall–Kier alpha value is -6.62. The molecule has 4 nitrogen and oxygen atoms in total. The van der Waals surface area contributed by atoms with Gasteiger partial charge in [0.15, 0.2) is 11.6 Å². The van der Waals surface area contributed by atoms with Gasteiger partial charge in [-0.05, 0) is 129 Å². The lowest BCUT2D eigenvalue weighted by molar-refractivity contribution is 0.103. The van der Waals surface area contributed by atoms with Crippen LogP contribution in [0.1, 0.15) is 61.0 Å². The lowest BCUT2D eigenvalue weighted by atomic mass is 9.98. The van der Waals surface area contributed by atoms with Crippen LogP contribution >= 0.6 is 0 Å². The zero-order valence-electron chi connectivity index (χ0n) is 26.5. The Morgan fingerprint density at radius 2 is 0.875 bits per heavy atom. The van der Waals surface area contributed by atoms with Crippen molar-refractivity contribution in [2.24, 2.45) is 0 Å². The molecule has 0 amide bonds. The fraction of sp³-hybridized carbons (Fsp3) is 0.0455. The van der Waals surface area contributed by atoms with Gasteiger partial charge in [-0.3, -0.25) is 9.59 Å². The van der Waals surface area contributed by atoms with Crippen LogP contribution in [0.25, 0.3) is 0 Å². The zero-order chi connectivity index (χ0) is 33.3. The summed E-state index contributed by atoms with van der Waals surface area (Å²) in [5.41, 5.74) is 5.62. The van der Waals surface area contributed by atoms with E-state index in [4.69, 9.17) is 9.47 Å². The predicted octanol–water partition coefficient (Wildman–Crippen LogP) is 9.81. The van der Waals surface area contributed by atoms with Crippen LogP contribution in [0.5, 0.6) is 23.0 Å². The molecule has 0 aromatic heterocycles. The second kappa shape index (κ2) is 14.6. The number of hydrogen-bond donors (Lipinski definition) is 0. The van der Waals surface area contributed by atoms with Crippen molar-refractivity contribution < 1.29 is 19.1 Å². The van der Waals surface area contributed by atoms with Crippen LogP contribution in [0, 0.1) is 30.6 Å². The van der Waals surface area contributed by atoms with Crippen molar-refractivity contribution in [3.63, 3.8) is 0 Å². The summed E-state index contributed by atoms with van der Waals surface area (Å²) in [7, 11) is 0. The smallest absolute Gasteiger partial charge is 0.194 e. The topological polar surface area (TPSA) is 52.6 Å². The van der Waals surface area contributed by atoms with E-state index in [0.717, 1.165) is 22.4 Å². The first-order chi connectivity index (χ1) is 23.5. The maximum atomic E-state index is 13.5. The van der Waals surface area contributed by atoms with Gasteiger partial charge < -0.3 is 9.47 Å². The molecule has 48 heavy (non-hydrogen) atoms. The van der Waals surface area contributed by atoms with E-state index in [0.29, 0.717) is 45.1 Å². The van der Waals surface area contributed by atoms with E-state index in [1.807, 2.05) is 105 Å². The number of carbonyl (C=O) groups is 2. The monoisotopic (exact) mass is 622 g/mol. The lowest BCUT2D eigenvalue weighted by Gasteiger charge is -2.09. The van der Waals surface area contributed by atoms with Gasteiger partial charge in [-0.2, -0.15) is 0 Å². The molecule has 4 heteroatoms. The van der Waals surface area contributed by atoms with Crippen molar-refractivity contribution in [3.8, 4) is 46.7 Å². The number of hydrogen-bond acceptors (Lipinski definition) is 4. The maximum Gasteiger partial charge on any atom is 0.194 e. The number of ether oxygens (including phenoxy) is 2. The van der Waals surface area contributed by atoms with Gasteiger partial charge in [-0.15, -0.1) is 5.92 Å².